The minimum absolute atomic E-state index is 0.0641. The number of aromatic nitrogens is 1. The lowest BCUT2D eigenvalue weighted by molar-refractivity contribution is -0.138. The van der Waals surface area contributed by atoms with Crippen LogP contribution in [0.2, 0.25) is 0 Å². The Labute approximate surface area is 114 Å². The van der Waals surface area contributed by atoms with E-state index in [4.69, 9.17) is 0 Å². The highest BCUT2D eigenvalue weighted by Gasteiger charge is 2.27. The van der Waals surface area contributed by atoms with Crippen molar-refractivity contribution in [2.24, 2.45) is 0 Å². The topological polar surface area (TPSA) is 44.9 Å². The highest BCUT2D eigenvalue weighted by atomic mass is 19.4. The molecule has 1 heterocycles. The van der Waals surface area contributed by atoms with Gasteiger partial charge in [0.05, 0.1) is 6.42 Å². The summed E-state index contributed by atoms with van der Waals surface area (Å²) < 4.78 is 36.2. The lowest BCUT2D eigenvalue weighted by Crippen LogP contribution is -2.34. The zero-order valence-electron chi connectivity index (χ0n) is 11.2. The Hall–Kier alpha value is -1.98. The molecule has 0 unspecified atom stereocenters. The van der Waals surface area contributed by atoms with Crippen LogP contribution in [0.25, 0.3) is 10.9 Å². The molecule has 20 heavy (non-hydrogen) atoms. The van der Waals surface area contributed by atoms with Crippen molar-refractivity contribution in [3.05, 3.63) is 35.0 Å². The number of H-pyrrole nitrogens is 1. The maximum atomic E-state index is 12.1. The van der Waals surface area contributed by atoms with Crippen molar-refractivity contribution in [3.8, 4) is 0 Å². The number of fused-ring (bicyclic) bond motifs is 1. The summed E-state index contributed by atoms with van der Waals surface area (Å²) in [5, 5.41) is 2.77. The molecule has 0 radical (unpaired) electrons. The molecule has 1 amide bonds. The van der Waals surface area contributed by atoms with Gasteiger partial charge >= 0.3 is 6.18 Å². The molecule has 0 aliphatic rings. The third kappa shape index (κ3) is 3.31. The standard InChI is InChI=1S/C14H15F3N2O/c1-8-3-4-12-11(5-8)10(9(2)19-12)6-13(20)18-7-14(15,16)17/h3-5,19H,6-7H2,1-2H3,(H,18,20). The van der Waals surface area contributed by atoms with Crippen LogP contribution in [-0.2, 0) is 11.2 Å². The quantitative estimate of drug-likeness (QED) is 0.894. The van der Waals surface area contributed by atoms with Gasteiger partial charge in [-0.25, -0.2) is 0 Å². The molecular formula is C14H15F3N2O. The number of carbonyl (C=O) groups is 1. The number of aromatic amines is 1. The monoisotopic (exact) mass is 284 g/mol. The van der Waals surface area contributed by atoms with Gasteiger partial charge in [-0.1, -0.05) is 11.6 Å². The van der Waals surface area contributed by atoms with Crippen LogP contribution in [0.3, 0.4) is 0 Å². The molecule has 2 N–H and O–H groups in total. The van der Waals surface area contributed by atoms with Crippen molar-refractivity contribution in [2.45, 2.75) is 26.4 Å². The first-order valence-corrected chi connectivity index (χ1v) is 6.17. The summed E-state index contributed by atoms with van der Waals surface area (Å²) in [6.45, 7) is 2.43. The number of carbonyl (C=O) groups excluding carboxylic acids is 1. The van der Waals surface area contributed by atoms with Crippen LogP contribution in [0.1, 0.15) is 16.8 Å². The van der Waals surface area contributed by atoms with Crippen LogP contribution >= 0.6 is 0 Å². The number of rotatable bonds is 3. The van der Waals surface area contributed by atoms with Crippen molar-refractivity contribution in [3.63, 3.8) is 0 Å². The fraction of sp³-hybridized carbons (Fsp3) is 0.357. The highest BCUT2D eigenvalue weighted by molar-refractivity contribution is 5.90. The van der Waals surface area contributed by atoms with Gasteiger partial charge in [0.2, 0.25) is 5.91 Å². The third-order valence-corrected chi connectivity index (χ3v) is 3.10. The number of nitrogens with one attached hydrogen (secondary N) is 2. The summed E-state index contributed by atoms with van der Waals surface area (Å²) in [5.41, 5.74) is 3.45. The Kier molecular flexibility index (Phi) is 3.74. The zero-order valence-corrected chi connectivity index (χ0v) is 11.2. The average Bonchev–Trinajstić information content (AvgIpc) is 2.63. The molecule has 0 fully saturated rings. The molecule has 0 spiro atoms. The highest BCUT2D eigenvalue weighted by Crippen LogP contribution is 2.23. The molecule has 0 saturated carbocycles. The van der Waals surface area contributed by atoms with Crippen molar-refractivity contribution in [2.75, 3.05) is 6.54 Å². The molecule has 1 aromatic carbocycles. The predicted octanol–water partition coefficient (Wildman–Crippen LogP) is 3.01. The molecule has 0 aliphatic carbocycles. The van der Waals surface area contributed by atoms with E-state index in [0.29, 0.717) is 0 Å². The molecule has 1 aromatic heterocycles. The minimum Gasteiger partial charge on any atom is -0.358 e. The first-order valence-electron chi connectivity index (χ1n) is 6.17. The van der Waals surface area contributed by atoms with E-state index in [2.05, 4.69) is 4.98 Å². The summed E-state index contributed by atoms with van der Waals surface area (Å²) in [7, 11) is 0. The lowest BCUT2D eigenvalue weighted by atomic mass is 10.1. The van der Waals surface area contributed by atoms with E-state index < -0.39 is 18.6 Å². The van der Waals surface area contributed by atoms with Gasteiger partial charge in [-0.15, -0.1) is 0 Å². The number of amides is 1. The molecule has 2 rings (SSSR count). The fourth-order valence-corrected chi connectivity index (χ4v) is 2.15. The van der Waals surface area contributed by atoms with E-state index in [9.17, 15) is 18.0 Å². The second-order valence-corrected chi connectivity index (χ2v) is 4.85. The first kappa shape index (κ1) is 14.4. The molecule has 0 aliphatic heterocycles. The van der Waals surface area contributed by atoms with Gasteiger partial charge < -0.3 is 10.3 Å². The minimum atomic E-state index is -4.39. The van der Waals surface area contributed by atoms with E-state index in [-0.39, 0.29) is 6.42 Å². The maximum absolute atomic E-state index is 12.1. The Morgan fingerprint density at radius 1 is 1.30 bits per heavy atom. The maximum Gasteiger partial charge on any atom is 0.405 e. The Morgan fingerprint density at radius 3 is 2.65 bits per heavy atom. The third-order valence-electron chi connectivity index (χ3n) is 3.10. The van der Waals surface area contributed by atoms with E-state index in [1.807, 2.05) is 37.4 Å². The van der Waals surface area contributed by atoms with E-state index in [1.165, 1.54) is 0 Å². The van der Waals surface area contributed by atoms with E-state index in [0.717, 1.165) is 27.7 Å². The Bertz CT molecular complexity index is 644. The Balaban J connectivity index is 2.19. The number of aryl methyl sites for hydroxylation is 2. The number of benzene rings is 1. The van der Waals surface area contributed by atoms with Crippen molar-refractivity contribution < 1.29 is 18.0 Å². The van der Waals surface area contributed by atoms with Crippen LogP contribution < -0.4 is 5.32 Å². The van der Waals surface area contributed by atoms with Crippen LogP contribution in [0, 0.1) is 13.8 Å². The molecule has 0 bridgehead atoms. The molecule has 0 atom stereocenters. The molecular weight excluding hydrogens is 269 g/mol. The summed E-state index contributed by atoms with van der Waals surface area (Å²) in [5.74, 6) is -0.632. The van der Waals surface area contributed by atoms with Crippen LogP contribution in [-0.4, -0.2) is 23.6 Å². The van der Waals surface area contributed by atoms with Crippen LogP contribution in [0.15, 0.2) is 18.2 Å². The number of alkyl halides is 3. The van der Waals surface area contributed by atoms with Gasteiger partial charge in [0.1, 0.15) is 6.54 Å². The summed E-state index contributed by atoms with van der Waals surface area (Å²) in [6.07, 6.45) is -4.45. The van der Waals surface area contributed by atoms with Gasteiger partial charge in [-0.05, 0) is 31.5 Å². The number of halogens is 3. The van der Waals surface area contributed by atoms with Crippen LogP contribution in [0.4, 0.5) is 13.2 Å². The van der Waals surface area contributed by atoms with Gasteiger partial charge in [0.25, 0.3) is 0 Å². The molecule has 0 saturated heterocycles. The van der Waals surface area contributed by atoms with Crippen molar-refractivity contribution in [1.82, 2.24) is 10.3 Å². The largest absolute Gasteiger partial charge is 0.405 e. The molecule has 6 heteroatoms. The van der Waals surface area contributed by atoms with E-state index in [1.54, 1.807) is 0 Å². The number of hydrogen-bond acceptors (Lipinski definition) is 1. The number of hydrogen-bond donors (Lipinski definition) is 2. The SMILES string of the molecule is Cc1ccc2[nH]c(C)c(CC(=O)NCC(F)(F)F)c2c1. The molecule has 2 aromatic rings. The second kappa shape index (κ2) is 5.19. The van der Waals surface area contributed by atoms with Gasteiger partial charge in [-0.3, -0.25) is 4.79 Å². The molecule has 3 nitrogen and oxygen atoms in total. The summed E-state index contributed by atoms with van der Waals surface area (Å²) >= 11 is 0. The van der Waals surface area contributed by atoms with Gasteiger partial charge in [0, 0.05) is 16.6 Å². The van der Waals surface area contributed by atoms with Crippen molar-refractivity contribution >= 4 is 16.8 Å². The smallest absolute Gasteiger partial charge is 0.358 e. The van der Waals surface area contributed by atoms with Crippen LogP contribution in [0.5, 0.6) is 0 Å². The predicted molar refractivity (Wildman–Crippen MR) is 70.5 cm³/mol. The van der Waals surface area contributed by atoms with Gasteiger partial charge in [-0.2, -0.15) is 13.2 Å². The normalized spacial score (nSPS) is 11.8. The lowest BCUT2D eigenvalue weighted by Gasteiger charge is -2.08. The molecule has 108 valence electrons. The van der Waals surface area contributed by atoms with Crippen molar-refractivity contribution in [1.29, 1.82) is 0 Å². The second-order valence-electron chi connectivity index (χ2n) is 4.85. The average molecular weight is 284 g/mol. The summed E-state index contributed by atoms with van der Waals surface area (Å²) in [4.78, 5) is 14.7. The Morgan fingerprint density at radius 2 is 2.00 bits per heavy atom. The van der Waals surface area contributed by atoms with E-state index >= 15 is 0 Å². The first-order chi connectivity index (χ1) is 9.26. The fourth-order valence-electron chi connectivity index (χ4n) is 2.15. The summed E-state index contributed by atoms with van der Waals surface area (Å²) in [6, 6.07) is 5.76. The van der Waals surface area contributed by atoms with Gasteiger partial charge in [0.15, 0.2) is 0 Å². The zero-order chi connectivity index (χ0) is 14.9.